The van der Waals surface area contributed by atoms with Gasteiger partial charge in [0.1, 0.15) is 0 Å². The number of rotatable bonds is 0. The van der Waals surface area contributed by atoms with E-state index in [1.165, 1.54) is 0 Å². The van der Waals surface area contributed by atoms with Crippen molar-refractivity contribution in [2.75, 3.05) is 0 Å². The molecular weight excluding hydrogens is 116 g/mol. The molecule has 1 unspecified atom stereocenters. The molecule has 0 fully saturated rings. The fourth-order valence-electron chi connectivity index (χ4n) is 0.0790. The fourth-order valence-corrected chi connectivity index (χ4v) is 0.383. The average Bonchev–Trinajstić information content (AvgIpc) is 1.35. The van der Waals surface area contributed by atoms with Crippen LogP contribution in [-0.2, 0) is 0 Å². The van der Waals surface area contributed by atoms with Crippen LogP contribution in [0.5, 0.6) is 0 Å². The standard InChI is InChI=1S/C4H5ClS/c1-4(6)2-3-5/h4,6H,1H3. The third-order valence-electron chi connectivity index (χ3n) is 0.263. The maximum Gasteiger partial charge on any atom is 0.0611 e. The highest BCUT2D eigenvalue weighted by atomic mass is 35.5. The van der Waals surface area contributed by atoms with E-state index in [0.717, 1.165) is 0 Å². The van der Waals surface area contributed by atoms with Crippen LogP contribution >= 0.6 is 24.2 Å². The van der Waals surface area contributed by atoms with Crippen molar-refractivity contribution in [3.63, 3.8) is 0 Å². The first kappa shape index (κ1) is 6.20. The summed E-state index contributed by atoms with van der Waals surface area (Å²) in [5.74, 6) is 2.59. The molecule has 0 bridgehead atoms. The second-order valence-electron chi connectivity index (χ2n) is 0.915. The van der Waals surface area contributed by atoms with Gasteiger partial charge in [-0.1, -0.05) is 5.92 Å². The molecule has 0 aliphatic carbocycles. The summed E-state index contributed by atoms with van der Waals surface area (Å²) in [4.78, 5) is 0. The van der Waals surface area contributed by atoms with E-state index in [9.17, 15) is 0 Å². The van der Waals surface area contributed by atoms with Gasteiger partial charge in [0.2, 0.25) is 0 Å². The zero-order chi connectivity index (χ0) is 4.99. The van der Waals surface area contributed by atoms with E-state index in [1.54, 1.807) is 0 Å². The van der Waals surface area contributed by atoms with Crippen LogP contribution in [-0.4, -0.2) is 5.25 Å². The summed E-state index contributed by atoms with van der Waals surface area (Å²) in [5, 5.41) is 2.31. The van der Waals surface area contributed by atoms with Crippen molar-refractivity contribution in [1.82, 2.24) is 0 Å². The summed E-state index contributed by atoms with van der Waals surface area (Å²) in [5.41, 5.74) is 0. The summed E-state index contributed by atoms with van der Waals surface area (Å²) in [6.45, 7) is 1.86. The lowest BCUT2D eigenvalue weighted by atomic mass is 10.5. The molecule has 0 aromatic carbocycles. The van der Waals surface area contributed by atoms with Gasteiger partial charge in [0.25, 0.3) is 0 Å². The molecule has 0 heterocycles. The number of halogens is 1. The smallest absolute Gasteiger partial charge is 0.0611 e. The van der Waals surface area contributed by atoms with Gasteiger partial charge < -0.3 is 0 Å². The third-order valence-corrected chi connectivity index (χ3v) is 0.502. The molecule has 0 aliphatic rings. The van der Waals surface area contributed by atoms with Crippen molar-refractivity contribution in [3.05, 3.63) is 0 Å². The molecular formula is C4H5ClS. The van der Waals surface area contributed by atoms with E-state index in [-0.39, 0.29) is 5.25 Å². The Balaban J connectivity index is 3.20. The fraction of sp³-hybridized carbons (Fsp3) is 0.500. The van der Waals surface area contributed by atoms with E-state index < -0.39 is 0 Å². The molecule has 0 amide bonds. The molecule has 0 aliphatic heterocycles. The van der Waals surface area contributed by atoms with Crippen LogP contribution in [0.25, 0.3) is 0 Å². The SMILES string of the molecule is CC(S)C#CCl. The van der Waals surface area contributed by atoms with Gasteiger partial charge in [0.15, 0.2) is 0 Å². The number of hydrogen-bond acceptors (Lipinski definition) is 1. The predicted octanol–water partition coefficient (Wildman–Crippen LogP) is 1.50. The Morgan fingerprint density at radius 2 is 2.33 bits per heavy atom. The normalized spacial score (nSPS) is 11.8. The first-order valence-corrected chi connectivity index (χ1v) is 2.46. The Hall–Kier alpha value is 0.200. The average molecular weight is 121 g/mol. The van der Waals surface area contributed by atoms with Crippen LogP contribution in [0.1, 0.15) is 6.92 Å². The molecule has 0 saturated heterocycles. The Bertz CT molecular complexity index is 77.3. The maximum atomic E-state index is 4.99. The summed E-state index contributed by atoms with van der Waals surface area (Å²) in [6.07, 6.45) is 0. The van der Waals surface area contributed by atoms with Gasteiger partial charge in [-0.05, 0) is 18.5 Å². The van der Waals surface area contributed by atoms with E-state index in [2.05, 4.69) is 23.9 Å². The molecule has 6 heavy (non-hydrogen) atoms. The summed E-state index contributed by atoms with van der Waals surface area (Å²) < 4.78 is 0. The molecule has 1 atom stereocenters. The highest BCUT2D eigenvalue weighted by Gasteiger charge is 1.77. The van der Waals surface area contributed by atoms with E-state index in [4.69, 9.17) is 11.6 Å². The predicted molar refractivity (Wildman–Crippen MR) is 32.1 cm³/mol. The highest BCUT2D eigenvalue weighted by molar-refractivity contribution is 7.81. The molecule has 0 spiro atoms. The van der Waals surface area contributed by atoms with E-state index >= 15 is 0 Å². The molecule has 0 aromatic heterocycles. The molecule has 2 heteroatoms. The summed E-state index contributed by atoms with van der Waals surface area (Å²) in [7, 11) is 0. The van der Waals surface area contributed by atoms with E-state index in [0.29, 0.717) is 0 Å². The lowest BCUT2D eigenvalue weighted by Crippen LogP contribution is -1.78. The van der Waals surface area contributed by atoms with E-state index in [1.807, 2.05) is 6.92 Å². The minimum atomic E-state index is 0.0995. The topological polar surface area (TPSA) is 0 Å². The minimum absolute atomic E-state index is 0.0995. The van der Waals surface area contributed by atoms with Crippen molar-refractivity contribution in [3.8, 4) is 11.3 Å². The molecule has 0 aromatic rings. The lowest BCUT2D eigenvalue weighted by molar-refractivity contribution is 1.32. The lowest BCUT2D eigenvalue weighted by Gasteiger charge is -1.80. The highest BCUT2D eigenvalue weighted by Crippen LogP contribution is 1.86. The molecule has 0 nitrogen and oxygen atoms in total. The first-order chi connectivity index (χ1) is 2.77. The van der Waals surface area contributed by atoms with Gasteiger partial charge >= 0.3 is 0 Å². The largest absolute Gasteiger partial charge is 0.163 e. The van der Waals surface area contributed by atoms with Crippen molar-refractivity contribution < 1.29 is 0 Å². The Morgan fingerprint density at radius 3 is 2.33 bits per heavy atom. The van der Waals surface area contributed by atoms with Crippen LogP contribution < -0.4 is 0 Å². The monoisotopic (exact) mass is 120 g/mol. The Morgan fingerprint density at radius 1 is 1.83 bits per heavy atom. The summed E-state index contributed by atoms with van der Waals surface area (Å²) in [6, 6.07) is 0. The van der Waals surface area contributed by atoms with Crippen molar-refractivity contribution >= 4 is 24.2 Å². The quantitative estimate of drug-likeness (QED) is 0.364. The first-order valence-electron chi connectivity index (χ1n) is 1.56. The van der Waals surface area contributed by atoms with Gasteiger partial charge in [-0.25, -0.2) is 0 Å². The summed E-state index contributed by atoms with van der Waals surface area (Å²) >= 11 is 8.91. The van der Waals surface area contributed by atoms with Crippen molar-refractivity contribution in [2.24, 2.45) is 0 Å². The number of thiol groups is 1. The maximum absolute atomic E-state index is 4.99. The Labute approximate surface area is 48.3 Å². The molecule has 0 N–H and O–H groups in total. The van der Waals surface area contributed by atoms with Gasteiger partial charge in [0.05, 0.1) is 5.25 Å². The second kappa shape index (κ2) is 3.39. The molecule has 34 valence electrons. The van der Waals surface area contributed by atoms with Crippen LogP contribution in [0, 0.1) is 11.3 Å². The van der Waals surface area contributed by atoms with Crippen LogP contribution in [0.2, 0.25) is 0 Å². The van der Waals surface area contributed by atoms with Crippen molar-refractivity contribution in [1.29, 1.82) is 0 Å². The van der Waals surface area contributed by atoms with Crippen LogP contribution in [0.4, 0.5) is 0 Å². The van der Waals surface area contributed by atoms with Gasteiger partial charge in [-0.2, -0.15) is 12.6 Å². The third kappa shape index (κ3) is 4.20. The zero-order valence-corrected chi connectivity index (χ0v) is 5.05. The van der Waals surface area contributed by atoms with Crippen molar-refractivity contribution in [2.45, 2.75) is 12.2 Å². The van der Waals surface area contributed by atoms with Gasteiger partial charge in [0, 0.05) is 5.38 Å². The van der Waals surface area contributed by atoms with Gasteiger partial charge in [-0.15, -0.1) is 0 Å². The second-order valence-corrected chi connectivity index (χ2v) is 1.88. The van der Waals surface area contributed by atoms with Crippen LogP contribution in [0.3, 0.4) is 0 Å². The molecule has 0 rings (SSSR count). The van der Waals surface area contributed by atoms with Gasteiger partial charge in [-0.3, -0.25) is 0 Å². The number of hydrogen-bond donors (Lipinski definition) is 1. The molecule has 0 saturated carbocycles. The Kier molecular flexibility index (Phi) is 3.51. The zero-order valence-electron chi connectivity index (χ0n) is 3.40. The minimum Gasteiger partial charge on any atom is -0.163 e. The van der Waals surface area contributed by atoms with Crippen LogP contribution in [0.15, 0.2) is 0 Å². The molecule has 0 radical (unpaired) electrons.